The molecule has 0 amide bonds. The van der Waals surface area contributed by atoms with E-state index in [1.165, 1.54) is 173 Å². The lowest BCUT2D eigenvalue weighted by atomic mass is 9.99. The molecule has 0 aromatic heterocycles. The Kier molecular flexibility index (Phi) is 43.7. The topological polar surface area (TPSA) is 78.9 Å². The molecule has 0 aromatic carbocycles. The van der Waals surface area contributed by atoms with E-state index in [-0.39, 0.29) is 31.1 Å². The van der Waals surface area contributed by atoms with Gasteiger partial charge in [-0.15, -0.1) is 0 Å². The third-order valence-electron chi connectivity index (χ3n) is 12.1. The number of carbonyl (C=O) groups excluding carboxylic acids is 3. The van der Waals surface area contributed by atoms with Gasteiger partial charge in [-0.1, -0.05) is 247 Å². The Hall–Kier alpha value is -1.59. The molecule has 0 fully saturated rings. The largest absolute Gasteiger partial charge is 0.462 e. The Balaban J connectivity index is 4.21. The summed E-state index contributed by atoms with van der Waals surface area (Å²) >= 11 is 0. The lowest BCUT2D eigenvalue weighted by Crippen LogP contribution is -2.30. The standard InChI is InChI=1S/C52H100O6/c1-6-8-9-10-11-12-13-14-15-16-17-18-19-20-21-22-26-32-37-42-50(53)56-45-49(58-52(55)44-39-34-29-28-30-35-40-47(3)4)46-57-51(54)43-38-33-27-24-23-25-31-36-41-48(5)7-2/h47-49H,6-46H2,1-5H3/t48?,49-/m1/s1. The molecule has 0 heterocycles. The Bertz CT molecular complexity index is 887. The second kappa shape index (κ2) is 44.9. The fourth-order valence-electron chi connectivity index (χ4n) is 7.78. The number of carbonyl (C=O) groups is 3. The first-order chi connectivity index (χ1) is 28.3. The summed E-state index contributed by atoms with van der Waals surface area (Å²) < 4.78 is 16.8. The number of rotatable bonds is 46. The summed E-state index contributed by atoms with van der Waals surface area (Å²) in [7, 11) is 0. The van der Waals surface area contributed by atoms with Crippen LogP contribution in [0.2, 0.25) is 0 Å². The zero-order valence-corrected chi connectivity index (χ0v) is 39.7. The molecule has 0 radical (unpaired) electrons. The molecule has 344 valence electrons. The van der Waals surface area contributed by atoms with Gasteiger partial charge in [0.05, 0.1) is 0 Å². The molecule has 1 unspecified atom stereocenters. The van der Waals surface area contributed by atoms with Gasteiger partial charge in [-0.2, -0.15) is 0 Å². The first-order valence-corrected chi connectivity index (χ1v) is 25.8. The minimum atomic E-state index is -0.762. The maximum absolute atomic E-state index is 12.7. The van der Waals surface area contributed by atoms with E-state index in [0.717, 1.165) is 69.6 Å². The molecule has 0 aliphatic heterocycles. The van der Waals surface area contributed by atoms with E-state index >= 15 is 0 Å². The van der Waals surface area contributed by atoms with E-state index in [2.05, 4.69) is 34.6 Å². The van der Waals surface area contributed by atoms with Crippen molar-refractivity contribution < 1.29 is 28.6 Å². The second-order valence-corrected chi connectivity index (χ2v) is 18.5. The van der Waals surface area contributed by atoms with Crippen molar-refractivity contribution in [3.63, 3.8) is 0 Å². The van der Waals surface area contributed by atoms with Crippen LogP contribution in [0, 0.1) is 11.8 Å². The minimum Gasteiger partial charge on any atom is -0.462 e. The van der Waals surface area contributed by atoms with Crippen molar-refractivity contribution >= 4 is 17.9 Å². The van der Waals surface area contributed by atoms with E-state index in [0.29, 0.717) is 19.3 Å². The predicted molar refractivity (Wildman–Crippen MR) is 247 cm³/mol. The van der Waals surface area contributed by atoms with Crippen molar-refractivity contribution in [2.24, 2.45) is 11.8 Å². The SMILES string of the molecule is CCCCCCCCCCCCCCCCCCCCCC(=O)OC[C@H](COC(=O)CCCCCCCCCCC(C)CC)OC(=O)CCCCCCCCC(C)C. The average Bonchev–Trinajstić information content (AvgIpc) is 3.21. The quantitative estimate of drug-likeness (QED) is 0.0346. The first-order valence-electron chi connectivity index (χ1n) is 25.8. The van der Waals surface area contributed by atoms with Gasteiger partial charge in [0.25, 0.3) is 0 Å². The molecular weight excluding hydrogens is 721 g/mol. The van der Waals surface area contributed by atoms with Gasteiger partial charge < -0.3 is 14.2 Å². The van der Waals surface area contributed by atoms with E-state index in [1.54, 1.807) is 0 Å². The third-order valence-corrected chi connectivity index (χ3v) is 12.1. The minimum absolute atomic E-state index is 0.0653. The number of esters is 3. The van der Waals surface area contributed by atoms with Crippen LogP contribution < -0.4 is 0 Å². The van der Waals surface area contributed by atoms with Crippen LogP contribution in [0.1, 0.15) is 285 Å². The molecule has 0 saturated carbocycles. The lowest BCUT2D eigenvalue weighted by molar-refractivity contribution is -0.167. The zero-order chi connectivity index (χ0) is 42.6. The Morgan fingerprint density at radius 2 is 0.655 bits per heavy atom. The van der Waals surface area contributed by atoms with Crippen LogP contribution in [0.15, 0.2) is 0 Å². The molecule has 0 aliphatic rings. The summed E-state index contributed by atoms with van der Waals surface area (Å²) in [4.78, 5) is 37.8. The normalized spacial score (nSPS) is 12.5. The molecule has 58 heavy (non-hydrogen) atoms. The Morgan fingerprint density at radius 1 is 0.362 bits per heavy atom. The summed E-state index contributed by atoms with van der Waals surface area (Å²) in [5.74, 6) is 0.750. The van der Waals surface area contributed by atoms with E-state index < -0.39 is 6.10 Å². The van der Waals surface area contributed by atoms with Gasteiger partial charge in [0.15, 0.2) is 6.10 Å². The van der Waals surface area contributed by atoms with Crippen molar-refractivity contribution in [2.45, 2.75) is 291 Å². The van der Waals surface area contributed by atoms with Gasteiger partial charge >= 0.3 is 17.9 Å². The number of ether oxygens (including phenoxy) is 3. The molecule has 0 N–H and O–H groups in total. The van der Waals surface area contributed by atoms with Gasteiger partial charge in [-0.05, 0) is 31.1 Å². The van der Waals surface area contributed by atoms with Gasteiger partial charge in [0.2, 0.25) is 0 Å². The van der Waals surface area contributed by atoms with Crippen molar-refractivity contribution in [1.82, 2.24) is 0 Å². The van der Waals surface area contributed by atoms with Crippen molar-refractivity contribution in [2.75, 3.05) is 13.2 Å². The van der Waals surface area contributed by atoms with Crippen LogP contribution >= 0.6 is 0 Å². The van der Waals surface area contributed by atoms with Gasteiger partial charge in [-0.3, -0.25) is 14.4 Å². The summed E-state index contributed by atoms with van der Waals surface area (Å²) in [6.07, 6.45) is 45.4. The summed E-state index contributed by atoms with van der Waals surface area (Å²) in [6.45, 7) is 11.3. The smallest absolute Gasteiger partial charge is 0.306 e. The maximum Gasteiger partial charge on any atom is 0.306 e. The Labute approximate surface area is 361 Å². The molecule has 0 aliphatic carbocycles. The lowest BCUT2D eigenvalue weighted by Gasteiger charge is -2.18. The molecular formula is C52H100O6. The van der Waals surface area contributed by atoms with E-state index in [1.807, 2.05) is 0 Å². The second-order valence-electron chi connectivity index (χ2n) is 18.5. The summed E-state index contributed by atoms with van der Waals surface area (Å²) in [6, 6.07) is 0. The zero-order valence-electron chi connectivity index (χ0n) is 39.7. The highest BCUT2D eigenvalue weighted by Crippen LogP contribution is 2.18. The maximum atomic E-state index is 12.7. The van der Waals surface area contributed by atoms with Crippen LogP contribution in [0.25, 0.3) is 0 Å². The highest BCUT2D eigenvalue weighted by atomic mass is 16.6. The van der Waals surface area contributed by atoms with Crippen LogP contribution in [0.4, 0.5) is 0 Å². The third kappa shape index (κ3) is 44.0. The molecule has 0 bridgehead atoms. The average molecular weight is 821 g/mol. The number of hydrogen-bond donors (Lipinski definition) is 0. The van der Waals surface area contributed by atoms with Crippen LogP contribution in [0.3, 0.4) is 0 Å². The number of unbranched alkanes of at least 4 members (excludes halogenated alkanes) is 30. The molecule has 0 spiro atoms. The summed E-state index contributed by atoms with van der Waals surface area (Å²) in [5.41, 5.74) is 0. The van der Waals surface area contributed by atoms with Crippen molar-refractivity contribution in [1.29, 1.82) is 0 Å². The van der Waals surface area contributed by atoms with E-state index in [9.17, 15) is 14.4 Å². The van der Waals surface area contributed by atoms with Gasteiger partial charge in [-0.25, -0.2) is 0 Å². The first kappa shape index (κ1) is 56.4. The Morgan fingerprint density at radius 3 is 0.983 bits per heavy atom. The molecule has 0 rings (SSSR count). The molecule has 6 heteroatoms. The number of hydrogen-bond acceptors (Lipinski definition) is 6. The molecule has 2 atom stereocenters. The fourth-order valence-corrected chi connectivity index (χ4v) is 7.78. The molecule has 0 saturated heterocycles. The van der Waals surface area contributed by atoms with Gasteiger partial charge in [0.1, 0.15) is 13.2 Å². The molecule has 0 aromatic rings. The van der Waals surface area contributed by atoms with Gasteiger partial charge in [0, 0.05) is 19.3 Å². The van der Waals surface area contributed by atoms with Crippen LogP contribution in [-0.2, 0) is 28.6 Å². The van der Waals surface area contributed by atoms with E-state index in [4.69, 9.17) is 14.2 Å². The monoisotopic (exact) mass is 821 g/mol. The highest BCUT2D eigenvalue weighted by Gasteiger charge is 2.19. The predicted octanol–water partition coefficient (Wildman–Crippen LogP) is 16.5. The fraction of sp³-hybridized carbons (Fsp3) is 0.942. The highest BCUT2D eigenvalue weighted by molar-refractivity contribution is 5.71. The molecule has 6 nitrogen and oxygen atoms in total. The van der Waals surface area contributed by atoms with Crippen LogP contribution in [-0.4, -0.2) is 37.2 Å². The summed E-state index contributed by atoms with van der Waals surface area (Å²) in [5, 5.41) is 0. The van der Waals surface area contributed by atoms with Crippen molar-refractivity contribution in [3.05, 3.63) is 0 Å². The van der Waals surface area contributed by atoms with Crippen LogP contribution in [0.5, 0.6) is 0 Å². The van der Waals surface area contributed by atoms with Crippen molar-refractivity contribution in [3.8, 4) is 0 Å².